The number of amides is 2. The van der Waals surface area contributed by atoms with Crippen molar-refractivity contribution in [2.75, 3.05) is 13.1 Å². The Balaban J connectivity index is 2.35. The third kappa shape index (κ3) is 1.28. The molecule has 2 aliphatic heterocycles. The third-order valence-electron chi connectivity index (χ3n) is 2.44. The standard InChI is InChI=1S/C6H10N2O4S/c9-6-7-3-1-2-5(4-7)8(6)13(10,11)12/h5H,1-4H2,(H,10,11,12). The average Bonchev–Trinajstić information content (AvgIpc) is 2.22. The van der Waals surface area contributed by atoms with Gasteiger partial charge < -0.3 is 4.90 Å². The number of urea groups is 1. The zero-order valence-corrected chi connectivity index (χ0v) is 7.70. The summed E-state index contributed by atoms with van der Waals surface area (Å²) in [5.74, 6) is 0. The fourth-order valence-corrected chi connectivity index (χ4v) is 2.76. The van der Waals surface area contributed by atoms with Crippen molar-refractivity contribution >= 4 is 16.3 Å². The van der Waals surface area contributed by atoms with Gasteiger partial charge in [-0.1, -0.05) is 0 Å². The summed E-state index contributed by atoms with van der Waals surface area (Å²) in [5.41, 5.74) is 0. The molecule has 2 heterocycles. The lowest BCUT2D eigenvalue weighted by Gasteiger charge is -2.20. The van der Waals surface area contributed by atoms with Crippen molar-refractivity contribution in [3.8, 4) is 0 Å². The van der Waals surface area contributed by atoms with Crippen molar-refractivity contribution in [2.24, 2.45) is 0 Å². The van der Waals surface area contributed by atoms with Gasteiger partial charge in [-0.15, -0.1) is 0 Å². The summed E-state index contributed by atoms with van der Waals surface area (Å²) < 4.78 is 31.0. The van der Waals surface area contributed by atoms with Crippen LogP contribution in [0.3, 0.4) is 0 Å². The maximum Gasteiger partial charge on any atom is 0.363 e. The van der Waals surface area contributed by atoms with E-state index in [0.717, 1.165) is 6.42 Å². The Labute approximate surface area is 76.0 Å². The molecule has 7 heteroatoms. The molecule has 0 spiro atoms. The number of nitrogens with zero attached hydrogens (tertiary/aromatic N) is 2. The van der Waals surface area contributed by atoms with Crippen LogP contribution in [0.2, 0.25) is 0 Å². The second-order valence-electron chi connectivity index (χ2n) is 3.30. The van der Waals surface area contributed by atoms with E-state index < -0.39 is 16.3 Å². The zero-order chi connectivity index (χ0) is 9.64. The van der Waals surface area contributed by atoms with E-state index >= 15 is 0 Å². The molecule has 0 aromatic carbocycles. The monoisotopic (exact) mass is 206 g/mol. The molecular formula is C6H10N2O4S. The van der Waals surface area contributed by atoms with Crippen LogP contribution in [0.15, 0.2) is 0 Å². The lowest BCUT2D eigenvalue weighted by molar-refractivity contribution is 0.206. The Hall–Kier alpha value is -0.820. The van der Waals surface area contributed by atoms with Crippen molar-refractivity contribution < 1.29 is 17.8 Å². The van der Waals surface area contributed by atoms with E-state index in [1.807, 2.05) is 0 Å². The molecule has 0 aliphatic carbocycles. The maximum atomic E-state index is 11.3. The molecule has 2 bridgehead atoms. The molecule has 1 atom stereocenters. The molecule has 0 aromatic rings. The fraction of sp³-hybridized carbons (Fsp3) is 0.833. The largest absolute Gasteiger partial charge is 0.363 e. The highest BCUT2D eigenvalue weighted by Crippen LogP contribution is 2.26. The van der Waals surface area contributed by atoms with Gasteiger partial charge in [0.05, 0.1) is 6.04 Å². The topological polar surface area (TPSA) is 77.9 Å². The second-order valence-corrected chi connectivity index (χ2v) is 4.59. The summed E-state index contributed by atoms with van der Waals surface area (Å²) in [6.45, 7) is 1.000. The van der Waals surface area contributed by atoms with Gasteiger partial charge in [-0.25, -0.2) is 4.79 Å². The highest BCUT2D eigenvalue weighted by Gasteiger charge is 2.45. The van der Waals surface area contributed by atoms with Gasteiger partial charge in [0.15, 0.2) is 0 Å². The van der Waals surface area contributed by atoms with E-state index in [9.17, 15) is 13.2 Å². The summed E-state index contributed by atoms with van der Waals surface area (Å²) >= 11 is 0. The summed E-state index contributed by atoms with van der Waals surface area (Å²) in [6, 6.07) is -0.957. The van der Waals surface area contributed by atoms with Crippen molar-refractivity contribution in [3.05, 3.63) is 0 Å². The second kappa shape index (κ2) is 2.58. The molecule has 2 saturated heterocycles. The number of hydrogen-bond acceptors (Lipinski definition) is 3. The van der Waals surface area contributed by atoms with Gasteiger partial charge >= 0.3 is 16.3 Å². The van der Waals surface area contributed by atoms with E-state index in [1.165, 1.54) is 4.90 Å². The average molecular weight is 206 g/mol. The van der Waals surface area contributed by atoms with E-state index in [4.69, 9.17) is 4.55 Å². The molecule has 74 valence electrons. The molecule has 0 saturated carbocycles. The number of rotatable bonds is 1. The molecule has 0 radical (unpaired) electrons. The maximum absolute atomic E-state index is 11.3. The minimum absolute atomic E-state index is 0.365. The summed E-state index contributed by atoms with van der Waals surface area (Å²) in [6.07, 6.45) is 1.43. The SMILES string of the molecule is O=C1N2CCCC(C2)N1S(=O)(=O)O. The molecule has 6 nitrogen and oxygen atoms in total. The van der Waals surface area contributed by atoms with E-state index in [0.29, 0.717) is 23.8 Å². The lowest BCUT2D eigenvalue weighted by Crippen LogP contribution is -2.38. The van der Waals surface area contributed by atoms with Crippen molar-refractivity contribution in [3.63, 3.8) is 0 Å². The van der Waals surface area contributed by atoms with Crippen molar-refractivity contribution in [1.82, 2.24) is 9.21 Å². The van der Waals surface area contributed by atoms with Crippen molar-refractivity contribution in [2.45, 2.75) is 18.9 Å². The Morgan fingerprint density at radius 1 is 1.46 bits per heavy atom. The minimum atomic E-state index is -4.36. The van der Waals surface area contributed by atoms with Crippen LogP contribution in [-0.2, 0) is 10.3 Å². The van der Waals surface area contributed by atoms with Crippen LogP contribution in [0.5, 0.6) is 0 Å². The highest BCUT2D eigenvalue weighted by molar-refractivity contribution is 7.84. The Bertz CT molecular complexity index is 339. The Morgan fingerprint density at radius 2 is 2.15 bits per heavy atom. The highest BCUT2D eigenvalue weighted by atomic mass is 32.2. The summed E-state index contributed by atoms with van der Waals surface area (Å²) in [5, 5.41) is 0. The van der Waals surface area contributed by atoms with E-state index in [-0.39, 0.29) is 6.04 Å². The van der Waals surface area contributed by atoms with Crippen LogP contribution in [-0.4, -0.2) is 47.3 Å². The molecule has 2 fully saturated rings. The van der Waals surface area contributed by atoms with Crippen LogP contribution < -0.4 is 0 Å². The van der Waals surface area contributed by atoms with Gasteiger partial charge in [-0.05, 0) is 12.8 Å². The van der Waals surface area contributed by atoms with Crippen molar-refractivity contribution in [1.29, 1.82) is 0 Å². The number of carbonyl (C=O) groups excluding carboxylic acids is 1. The molecule has 1 N–H and O–H groups in total. The van der Waals surface area contributed by atoms with Crippen LogP contribution >= 0.6 is 0 Å². The van der Waals surface area contributed by atoms with Gasteiger partial charge in [0.25, 0.3) is 0 Å². The molecule has 0 aromatic heterocycles. The normalized spacial score (nSPS) is 28.4. The Kier molecular flexibility index (Phi) is 1.74. The summed E-state index contributed by atoms with van der Waals surface area (Å²) in [7, 11) is -4.36. The first kappa shape index (κ1) is 8.76. The number of fused-ring (bicyclic) bond motifs is 2. The van der Waals surface area contributed by atoms with Crippen LogP contribution in [0.25, 0.3) is 0 Å². The van der Waals surface area contributed by atoms with E-state index in [1.54, 1.807) is 0 Å². The van der Waals surface area contributed by atoms with Crippen LogP contribution in [0, 0.1) is 0 Å². The van der Waals surface area contributed by atoms with Gasteiger partial charge in [0.1, 0.15) is 0 Å². The minimum Gasteiger partial charge on any atom is -0.322 e. The van der Waals surface area contributed by atoms with Crippen LogP contribution in [0.4, 0.5) is 4.79 Å². The summed E-state index contributed by atoms with van der Waals surface area (Å²) in [4.78, 5) is 12.8. The molecular weight excluding hydrogens is 196 g/mol. The zero-order valence-electron chi connectivity index (χ0n) is 6.88. The lowest BCUT2D eigenvalue weighted by atomic mass is 10.1. The van der Waals surface area contributed by atoms with Gasteiger partial charge in [-0.3, -0.25) is 4.55 Å². The fourth-order valence-electron chi connectivity index (χ4n) is 1.90. The third-order valence-corrected chi connectivity index (χ3v) is 3.39. The predicted molar refractivity (Wildman–Crippen MR) is 43.4 cm³/mol. The number of piperidine rings is 1. The molecule has 2 aliphatic rings. The number of hydrogen-bond donors (Lipinski definition) is 1. The van der Waals surface area contributed by atoms with Gasteiger partial charge in [-0.2, -0.15) is 12.7 Å². The van der Waals surface area contributed by atoms with Crippen LogP contribution in [0.1, 0.15) is 12.8 Å². The molecule has 1 unspecified atom stereocenters. The Morgan fingerprint density at radius 3 is 2.69 bits per heavy atom. The molecule has 13 heavy (non-hydrogen) atoms. The number of carbonyl (C=O) groups is 1. The predicted octanol–water partition coefficient (Wildman–Crippen LogP) is -0.311. The quantitative estimate of drug-likeness (QED) is 0.597. The van der Waals surface area contributed by atoms with Gasteiger partial charge in [0.2, 0.25) is 0 Å². The first-order chi connectivity index (χ1) is 6.00. The van der Waals surface area contributed by atoms with Gasteiger partial charge in [0, 0.05) is 13.1 Å². The van der Waals surface area contributed by atoms with E-state index in [2.05, 4.69) is 0 Å². The molecule has 2 amide bonds. The first-order valence-corrected chi connectivity index (χ1v) is 5.45. The first-order valence-electron chi connectivity index (χ1n) is 4.06. The molecule has 2 rings (SSSR count). The smallest absolute Gasteiger partial charge is 0.322 e.